The van der Waals surface area contributed by atoms with Gasteiger partial charge in [0.15, 0.2) is 0 Å². The van der Waals surface area contributed by atoms with E-state index in [-0.39, 0.29) is 32.0 Å². The molecule has 2 aromatic rings. The molecule has 152 valence electrons. The molecule has 2 N–H and O–H groups in total. The van der Waals surface area contributed by atoms with Gasteiger partial charge in [-0.1, -0.05) is 36.4 Å². The highest BCUT2D eigenvalue weighted by Crippen LogP contribution is 2.33. The second-order valence-electron chi connectivity index (χ2n) is 6.86. The standard InChI is InChI=1S/C22H24N2O5/c1-3-29-21(27)19-14(2)24(12-6-9-18(25)26)22(28)23-20(19)17-11-10-15-7-4-5-8-16(15)13-17/h4-5,7-8,10-11,13,20H,3,6,9,12H2,1-2H3,(H,23,28)(H,25,26)/t20-/m0/s1. The second-order valence-corrected chi connectivity index (χ2v) is 6.86. The van der Waals surface area contributed by atoms with Gasteiger partial charge in [-0.15, -0.1) is 0 Å². The first-order valence-electron chi connectivity index (χ1n) is 9.58. The number of nitrogens with zero attached hydrogens (tertiary/aromatic N) is 1. The summed E-state index contributed by atoms with van der Waals surface area (Å²) < 4.78 is 5.25. The van der Waals surface area contributed by atoms with E-state index in [1.807, 2.05) is 42.5 Å². The highest BCUT2D eigenvalue weighted by Gasteiger charge is 2.36. The monoisotopic (exact) mass is 396 g/mol. The highest BCUT2D eigenvalue weighted by molar-refractivity contribution is 5.95. The Hall–Kier alpha value is -3.35. The number of rotatable bonds is 7. The van der Waals surface area contributed by atoms with Crippen LogP contribution in [0, 0.1) is 0 Å². The lowest BCUT2D eigenvalue weighted by Gasteiger charge is -2.35. The molecule has 0 saturated carbocycles. The van der Waals surface area contributed by atoms with Crippen LogP contribution >= 0.6 is 0 Å². The minimum absolute atomic E-state index is 0.0557. The third kappa shape index (κ3) is 4.39. The molecule has 0 aromatic heterocycles. The van der Waals surface area contributed by atoms with Gasteiger partial charge in [-0.25, -0.2) is 9.59 Å². The molecule has 1 aliphatic heterocycles. The molecule has 1 aliphatic rings. The third-order valence-corrected chi connectivity index (χ3v) is 4.97. The van der Waals surface area contributed by atoms with Crippen LogP contribution in [0.25, 0.3) is 10.8 Å². The molecule has 7 heteroatoms. The smallest absolute Gasteiger partial charge is 0.338 e. The average molecular weight is 396 g/mol. The maximum atomic E-state index is 12.7. The van der Waals surface area contributed by atoms with Gasteiger partial charge in [-0.05, 0) is 42.7 Å². The van der Waals surface area contributed by atoms with E-state index in [4.69, 9.17) is 9.84 Å². The van der Waals surface area contributed by atoms with Crippen molar-refractivity contribution >= 4 is 28.7 Å². The van der Waals surface area contributed by atoms with Crippen LogP contribution < -0.4 is 5.32 Å². The number of carbonyl (C=O) groups is 3. The summed E-state index contributed by atoms with van der Waals surface area (Å²) in [4.78, 5) is 37.7. The Morgan fingerprint density at radius 1 is 1.17 bits per heavy atom. The van der Waals surface area contributed by atoms with Crippen molar-refractivity contribution in [2.24, 2.45) is 0 Å². The Bertz CT molecular complexity index is 982. The van der Waals surface area contributed by atoms with E-state index in [0.29, 0.717) is 11.3 Å². The molecule has 0 unspecified atom stereocenters. The topological polar surface area (TPSA) is 95.9 Å². The third-order valence-electron chi connectivity index (χ3n) is 4.97. The molecule has 1 atom stereocenters. The van der Waals surface area contributed by atoms with Crippen LogP contribution in [-0.4, -0.2) is 41.1 Å². The van der Waals surface area contributed by atoms with Crippen molar-refractivity contribution in [2.45, 2.75) is 32.7 Å². The zero-order valence-corrected chi connectivity index (χ0v) is 16.5. The fourth-order valence-corrected chi connectivity index (χ4v) is 3.55. The molecule has 0 bridgehead atoms. The van der Waals surface area contributed by atoms with Gasteiger partial charge in [0.2, 0.25) is 0 Å². The number of carboxylic acids is 1. The number of nitrogens with one attached hydrogen (secondary N) is 1. The van der Waals surface area contributed by atoms with Crippen molar-refractivity contribution in [1.29, 1.82) is 0 Å². The van der Waals surface area contributed by atoms with Crippen LogP contribution in [0.4, 0.5) is 4.79 Å². The fraction of sp³-hybridized carbons (Fsp3) is 0.318. The van der Waals surface area contributed by atoms with E-state index in [1.165, 1.54) is 4.90 Å². The molecular formula is C22H24N2O5. The van der Waals surface area contributed by atoms with E-state index in [1.54, 1.807) is 13.8 Å². The fourth-order valence-electron chi connectivity index (χ4n) is 3.55. The molecule has 2 amide bonds. The number of benzene rings is 2. The Morgan fingerprint density at radius 3 is 2.59 bits per heavy atom. The normalized spacial score (nSPS) is 16.7. The molecule has 2 aromatic carbocycles. The van der Waals surface area contributed by atoms with Crippen molar-refractivity contribution in [3.8, 4) is 0 Å². The van der Waals surface area contributed by atoms with Crippen molar-refractivity contribution in [2.75, 3.05) is 13.2 Å². The lowest BCUT2D eigenvalue weighted by atomic mass is 9.93. The molecule has 7 nitrogen and oxygen atoms in total. The molecule has 0 aliphatic carbocycles. The number of carboxylic acid groups (broad SMARTS) is 1. The summed E-state index contributed by atoms with van der Waals surface area (Å²) in [6.07, 6.45) is 0.233. The first kappa shape index (κ1) is 20.4. The summed E-state index contributed by atoms with van der Waals surface area (Å²) in [7, 11) is 0. The van der Waals surface area contributed by atoms with Gasteiger partial charge >= 0.3 is 18.0 Å². The van der Waals surface area contributed by atoms with Gasteiger partial charge in [0, 0.05) is 18.7 Å². The SMILES string of the molecule is CCOC(=O)C1=C(C)N(CCCC(=O)O)C(=O)N[C@H]1c1ccc2ccccc2c1. The van der Waals surface area contributed by atoms with Gasteiger partial charge in [-0.3, -0.25) is 9.69 Å². The van der Waals surface area contributed by atoms with Crippen LogP contribution in [0.1, 0.15) is 38.3 Å². The molecular weight excluding hydrogens is 372 g/mol. The number of carbonyl (C=O) groups excluding carboxylic acids is 2. The second kappa shape index (κ2) is 8.77. The number of aliphatic carboxylic acids is 1. The van der Waals surface area contributed by atoms with Crippen LogP contribution in [0.3, 0.4) is 0 Å². The molecule has 29 heavy (non-hydrogen) atoms. The number of allylic oxidation sites excluding steroid dienone is 1. The number of amides is 2. The number of fused-ring (bicyclic) bond motifs is 1. The Labute approximate surface area is 168 Å². The molecule has 0 radical (unpaired) electrons. The Balaban J connectivity index is 2.00. The lowest BCUT2D eigenvalue weighted by molar-refractivity contribution is -0.139. The van der Waals surface area contributed by atoms with Crippen LogP contribution in [0.15, 0.2) is 53.7 Å². The van der Waals surface area contributed by atoms with Crippen LogP contribution in [-0.2, 0) is 14.3 Å². The van der Waals surface area contributed by atoms with Gasteiger partial charge in [0.25, 0.3) is 0 Å². The van der Waals surface area contributed by atoms with E-state index >= 15 is 0 Å². The number of esters is 1. The predicted molar refractivity (Wildman–Crippen MR) is 108 cm³/mol. The first-order valence-corrected chi connectivity index (χ1v) is 9.58. The quantitative estimate of drug-likeness (QED) is 0.697. The van der Waals surface area contributed by atoms with Crippen molar-refractivity contribution < 1.29 is 24.2 Å². The number of urea groups is 1. The molecule has 1 heterocycles. The number of hydrogen-bond acceptors (Lipinski definition) is 4. The maximum absolute atomic E-state index is 12.7. The highest BCUT2D eigenvalue weighted by atomic mass is 16.5. The Kier molecular flexibility index (Phi) is 6.16. The minimum Gasteiger partial charge on any atom is -0.481 e. The van der Waals surface area contributed by atoms with E-state index < -0.39 is 18.0 Å². The summed E-state index contributed by atoms with van der Waals surface area (Å²) in [5.74, 6) is -1.42. The van der Waals surface area contributed by atoms with E-state index in [2.05, 4.69) is 5.32 Å². The summed E-state index contributed by atoms with van der Waals surface area (Å²) in [5.41, 5.74) is 1.62. The summed E-state index contributed by atoms with van der Waals surface area (Å²) in [6.45, 7) is 3.84. The van der Waals surface area contributed by atoms with Gasteiger partial charge < -0.3 is 15.2 Å². The zero-order valence-electron chi connectivity index (χ0n) is 16.5. The summed E-state index contributed by atoms with van der Waals surface area (Å²) in [6, 6.07) is 12.6. The van der Waals surface area contributed by atoms with Crippen LogP contribution in [0.5, 0.6) is 0 Å². The lowest BCUT2D eigenvalue weighted by Crippen LogP contribution is -2.48. The molecule has 0 spiro atoms. The average Bonchev–Trinajstić information content (AvgIpc) is 2.69. The largest absolute Gasteiger partial charge is 0.481 e. The summed E-state index contributed by atoms with van der Waals surface area (Å²) >= 11 is 0. The van der Waals surface area contributed by atoms with E-state index in [0.717, 1.165) is 16.3 Å². The minimum atomic E-state index is -0.927. The molecule has 0 fully saturated rings. The molecule has 0 saturated heterocycles. The van der Waals surface area contributed by atoms with Gasteiger partial charge in [0.1, 0.15) is 0 Å². The van der Waals surface area contributed by atoms with Gasteiger partial charge in [0.05, 0.1) is 18.2 Å². The van der Waals surface area contributed by atoms with Crippen molar-refractivity contribution in [1.82, 2.24) is 10.2 Å². The first-order chi connectivity index (χ1) is 13.9. The summed E-state index contributed by atoms with van der Waals surface area (Å²) in [5, 5.41) is 13.8. The number of hydrogen-bond donors (Lipinski definition) is 2. The molecule has 3 rings (SSSR count). The zero-order chi connectivity index (χ0) is 21.0. The predicted octanol–water partition coefficient (Wildman–Crippen LogP) is 3.61. The Morgan fingerprint density at radius 2 is 1.90 bits per heavy atom. The maximum Gasteiger partial charge on any atom is 0.338 e. The van der Waals surface area contributed by atoms with Crippen molar-refractivity contribution in [3.05, 3.63) is 59.3 Å². The van der Waals surface area contributed by atoms with Crippen LogP contribution in [0.2, 0.25) is 0 Å². The number of ether oxygens (including phenoxy) is 1. The van der Waals surface area contributed by atoms with Crippen molar-refractivity contribution in [3.63, 3.8) is 0 Å². The van der Waals surface area contributed by atoms with Gasteiger partial charge in [-0.2, -0.15) is 0 Å². The van der Waals surface area contributed by atoms with E-state index in [9.17, 15) is 14.4 Å².